The van der Waals surface area contributed by atoms with Gasteiger partial charge in [0.2, 0.25) is 0 Å². The van der Waals surface area contributed by atoms with Gasteiger partial charge in [0.05, 0.1) is 20.6 Å². The van der Waals surface area contributed by atoms with E-state index in [4.69, 9.17) is 23.2 Å². The van der Waals surface area contributed by atoms with Crippen molar-refractivity contribution < 1.29 is 18.3 Å². The molecular formula is C18H19Cl2NO4S. The van der Waals surface area contributed by atoms with Crippen molar-refractivity contribution in [3.8, 4) is 0 Å². The highest BCUT2D eigenvalue weighted by atomic mass is 35.5. The molecule has 0 bridgehead atoms. The van der Waals surface area contributed by atoms with E-state index in [1.165, 1.54) is 25.1 Å². The fourth-order valence-corrected chi connectivity index (χ4v) is 5.02. The minimum atomic E-state index is -4.19. The molecule has 0 radical (unpaired) electrons. The number of nitrogens with zero attached hydrogens (tertiary/aromatic N) is 1. The molecule has 0 saturated heterocycles. The molecule has 0 aromatic heterocycles. The van der Waals surface area contributed by atoms with Crippen LogP contribution in [0.4, 0.5) is 5.69 Å². The first-order valence-corrected chi connectivity index (χ1v) is 9.96. The standard InChI is InChI=1S/C18H19Cl2NO4S/c1-10-7-11(2)17(12(3)8-10)21(13(4)18(22)23)26(24,25)14-5-6-15(19)16(20)9-14/h5-9,13H,1-4H3,(H,22,23). The third kappa shape index (κ3) is 3.82. The molecule has 0 aliphatic carbocycles. The minimum absolute atomic E-state index is 0.0769. The van der Waals surface area contributed by atoms with Crippen LogP contribution in [0.25, 0.3) is 0 Å². The number of sulfonamides is 1. The summed E-state index contributed by atoms with van der Waals surface area (Å²) < 4.78 is 27.5. The van der Waals surface area contributed by atoms with Gasteiger partial charge in [-0.05, 0) is 57.0 Å². The van der Waals surface area contributed by atoms with Crippen LogP contribution in [0, 0.1) is 20.8 Å². The molecule has 8 heteroatoms. The number of hydrogen-bond donors (Lipinski definition) is 1. The summed E-state index contributed by atoms with van der Waals surface area (Å²) in [6.07, 6.45) is 0. The smallest absolute Gasteiger partial charge is 0.327 e. The predicted molar refractivity (Wildman–Crippen MR) is 104 cm³/mol. The molecule has 0 spiro atoms. The Balaban J connectivity index is 2.77. The molecule has 2 rings (SSSR count). The van der Waals surface area contributed by atoms with Gasteiger partial charge in [0.15, 0.2) is 0 Å². The highest BCUT2D eigenvalue weighted by Crippen LogP contribution is 2.34. The number of hydrogen-bond acceptors (Lipinski definition) is 3. The summed E-state index contributed by atoms with van der Waals surface area (Å²) in [4.78, 5) is 11.5. The monoisotopic (exact) mass is 415 g/mol. The van der Waals surface area contributed by atoms with Crippen LogP contribution < -0.4 is 4.31 Å². The normalized spacial score (nSPS) is 12.7. The van der Waals surface area contributed by atoms with Crippen LogP contribution in [0.3, 0.4) is 0 Å². The van der Waals surface area contributed by atoms with Crippen molar-refractivity contribution in [3.63, 3.8) is 0 Å². The zero-order valence-corrected chi connectivity index (χ0v) is 17.1. The Morgan fingerprint density at radius 3 is 2.04 bits per heavy atom. The van der Waals surface area contributed by atoms with E-state index in [0.717, 1.165) is 9.87 Å². The van der Waals surface area contributed by atoms with Crippen LogP contribution in [0.1, 0.15) is 23.6 Å². The predicted octanol–water partition coefficient (Wildman–Crippen LogP) is 4.59. The molecule has 2 aromatic carbocycles. The number of aliphatic carboxylic acids is 1. The van der Waals surface area contributed by atoms with Gasteiger partial charge in [0, 0.05) is 0 Å². The van der Waals surface area contributed by atoms with E-state index in [0.29, 0.717) is 16.8 Å². The molecule has 26 heavy (non-hydrogen) atoms. The van der Waals surface area contributed by atoms with E-state index < -0.39 is 22.0 Å². The number of anilines is 1. The van der Waals surface area contributed by atoms with Gasteiger partial charge in [-0.3, -0.25) is 4.31 Å². The molecule has 5 nitrogen and oxygen atoms in total. The second-order valence-corrected chi connectivity index (χ2v) is 8.77. The van der Waals surface area contributed by atoms with Crippen LogP contribution in [-0.2, 0) is 14.8 Å². The number of carboxylic acid groups (broad SMARTS) is 1. The number of aryl methyl sites for hydroxylation is 3. The lowest BCUT2D eigenvalue weighted by Gasteiger charge is -2.31. The average molecular weight is 416 g/mol. The minimum Gasteiger partial charge on any atom is -0.480 e. The van der Waals surface area contributed by atoms with Crippen molar-refractivity contribution >= 4 is 44.9 Å². The van der Waals surface area contributed by atoms with Crippen LogP contribution >= 0.6 is 23.2 Å². The molecule has 0 aliphatic rings. The quantitative estimate of drug-likeness (QED) is 0.774. The Kier molecular flexibility index (Phi) is 5.90. The van der Waals surface area contributed by atoms with Gasteiger partial charge < -0.3 is 5.11 Å². The third-order valence-corrected chi connectivity index (χ3v) is 6.62. The average Bonchev–Trinajstić information content (AvgIpc) is 2.52. The Labute approximate surface area is 163 Å². The van der Waals surface area contributed by atoms with E-state index in [2.05, 4.69) is 0 Å². The summed E-state index contributed by atoms with van der Waals surface area (Å²) in [6, 6.07) is 6.22. The molecule has 0 aliphatic heterocycles. The second kappa shape index (κ2) is 7.47. The van der Waals surface area contributed by atoms with Crippen molar-refractivity contribution in [2.75, 3.05) is 4.31 Å². The van der Waals surface area contributed by atoms with Gasteiger partial charge in [-0.25, -0.2) is 13.2 Å². The number of carbonyl (C=O) groups is 1. The summed E-state index contributed by atoms with van der Waals surface area (Å²) in [7, 11) is -4.19. The van der Waals surface area contributed by atoms with Gasteiger partial charge in [-0.15, -0.1) is 0 Å². The molecule has 0 fully saturated rings. The zero-order valence-electron chi connectivity index (χ0n) is 14.7. The molecular weight excluding hydrogens is 397 g/mol. The fourth-order valence-electron chi connectivity index (χ4n) is 2.89. The van der Waals surface area contributed by atoms with Gasteiger partial charge in [-0.2, -0.15) is 0 Å². The number of rotatable bonds is 5. The second-order valence-electron chi connectivity index (χ2n) is 6.14. The Hall–Kier alpha value is -1.76. The summed E-state index contributed by atoms with van der Waals surface area (Å²) in [5, 5.41) is 9.80. The molecule has 2 aromatic rings. The van der Waals surface area contributed by atoms with Crippen LogP contribution in [-0.4, -0.2) is 25.5 Å². The molecule has 140 valence electrons. The summed E-state index contributed by atoms with van der Waals surface area (Å²) >= 11 is 11.8. The van der Waals surface area contributed by atoms with Gasteiger partial charge >= 0.3 is 5.97 Å². The molecule has 0 amide bonds. The third-order valence-electron chi connectivity index (χ3n) is 4.01. The Morgan fingerprint density at radius 1 is 1.04 bits per heavy atom. The first kappa shape index (κ1) is 20.6. The largest absolute Gasteiger partial charge is 0.480 e. The Bertz CT molecular complexity index is 950. The zero-order chi connectivity index (χ0) is 19.8. The topological polar surface area (TPSA) is 74.7 Å². The lowest BCUT2D eigenvalue weighted by atomic mass is 10.0. The molecule has 0 saturated carbocycles. The van der Waals surface area contributed by atoms with E-state index in [-0.39, 0.29) is 14.9 Å². The van der Waals surface area contributed by atoms with Gasteiger partial charge in [0.1, 0.15) is 6.04 Å². The van der Waals surface area contributed by atoms with Gasteiger partial charge in [-0.1, -0.05) is 40.9 Å². The number of halogens is 2. The first-order chi connectivity index (χ1) is 12.0. The summed E-state index contributed by atoms with van der Waals surface area (Å²) in [6.45, 7) is 6.72. The fraction of sp³-hybridized carbons (Fsp3) is 0.278. The van der Waals surface area contributed by atoms with Crippen LogP contribution in [0.5, 0.6) is 0 Å². The SMILES string of the molecule is Cc1cc(C)c(N(C(C)C(=O)O)S(=O)(=O)c2ccc(Cl)c(Cl)c2)c(C)c1. The van der Waals surface area contributed by atoms with Crippen molar-refractivity contribution in [1.29, 1.82) is 0 Å². The van der Waals surface area contributed by atoms with Crippen LogP contribution in [0.15, 0.2) is 35.2 Å². The first-order valence-electron chi connectivity index (χ1n) is 7.77. The van der Waals surface area contributed by atoms with E-state index >= 15 is 0 Å². The van der Waals surface area contributed by atoms with Crippen molar-refractivity contribution in [1.82, 2.24) is 0 Å². The number of benzene rings is 2. The summed E-state index contributed by atoms with van der Waals surface area (Å²) in [5.74, 6) is -1.26. The molecule has 1 N–H and O–H groups in total. The highest BCUT2D eigenvalue weighted by Gasteiger charge is 2.35. The maximum atomic E-state index is 13.3. The van der Waals surface area contributed by atoms with Gasteiger partial charge in [0.25, 0.3) is 10.0 Å². The van der Waals surface area contributed by atoms with Crippen LogP contribution in [0.2, 0.25) is 10.0 Å². The van der Waals surface area contributed by atoms with E-state index in [1.807, 2.05) is 19.1 Å². The van der Waals surface area contributed by atoms with E-state index in [9.17, 15) is 18.3 Å². The van der Waals surface area contributed by atoms with Crippen molar-refractivity contribution in [2.45, 2.75) is 38.6 Å². The maximum absolute atomic E-state index is 13.3. The Morgan fingerprint density at radius 2 is 1.58 bits per heavy atom. The molecule has 1 atom stereocenters. The molecule has 0 heterocycles. The molecule has 1 unspecified atom stereocenters. The lowest BCUT2D eigenvalue weighted by molar-refractivity contribution is -0.137. The number of carboxylic acids is 1. The highest BCUT2D eigenvalue weighted by molar-refractivity contribution is 7.93. The van der Waals surface area contributed by atoms with Crippen molar-refractivity contribution in [3.05, 3.63) is 57.1 Å². The van der Waals surface area contributed by atoms with E-state index in [1.54, 1.807) is 13.8 Å². The van der Waals surface area contributed by atoms with Crippen molar-refractivity contribution in [2.24, 2.45) is 0 Å². The summed E-state index contributed by atoms with van der Waals surface area (Å²) in [5.41, 5.74) is 2.63. The maximum Gasteiger partial charge on any atom is 0.327 e. The lowest BCUT2D eigenvalue weighted by Crippen LogP contribution is -2.44.